The summed E-state index contributed by atoms with van der Waals surface area (Å²) in [6, 6.07) is 19.1. The van der Waals surface area contributed by atoms with Gasteiger partial charge in [-0.25, -0.2) is 9.24 Å². The molecular formula is C26H18FN3. The van der Waals surface area contributed by atoms with E-state index in [2.05, 4.69) is 33.1 Å². The molecule has 0 saturated heterocycles. The highest BCUT2D eigenvalue weighted by Crippen LogP contribution is 2.48. The van der Waals surface area contributed by atoms with Crippen molar-refractivity contribution >= 4 is 11.4 Å². The topological polar surface area (TPSA) is 21.1 Å². The van der Waals surface area contributed by atoms with Crippen LogP contribution in [0, 0.1) is 24.4 Å². The number of benzene rings is 3. The van der Waals surface area contributed by atoms with E-state index in [0.29, 0.717) is 18.5 Å². The molecule has 3 aromatic rings. The van der Waals surface area contributed by atoms with Crippen LogP contribution in [-0.4, -0.2) is 5.71 Å². The van der Waals surface area contributed by atoms with E-state index in [9.17, 15) is 4.39 Å². The number of rotatable bonds is 1. The van der Waals surface area contributed by atoms with Crippen molar-refractivity contribution < 1.29 is 4.39 Å². The van der Waals surface area contributed by atoms with Crippen molar-refractivity contribution in [3.63, 3.8) is 0 Å². The molecule has 0 N–H and O–H groups in total. The summed E-state index contributed by atoms with van der Waals surface area (Å²) in [4.78, 5) is 6.92. The third-order valence-corrected chi connectivity index (χ3v) is 6.45. The van der Waals surface area contributed by atoms with Gasteiger partial charge >= 0.3 is 0 Å². The molecule has 4 heteroatoms. The molecular weight excluding hydrogens is 373 g/mol. The Morgan fingerprint density at radius 3 is 2.53 bits per heavy atom. The van der Waals surface area contributed by atoms with Crippen LogP contribution >= 0.6 is 0 Å². The molecule has 0 radical (unpaired) electrons. The Kier molecular flexibility index (Phi) is 4.23. The highest BCUT2D eigenvalue weighted by atomic mass is 19.1. The third-order valence-electron chi connectivity index (χ3n) is 6.45. The fraction of sp³-hybridized carbons (Fsp3) is 0.192. The fourth-order valence-electron chi connectivity index (χ4n) is 5.05. The zero-order valence-corrected chi connectivity index (χ0v) is 16.3. The summed E-state index contributed by atoms with van der Waals surface area (Å²) in [7, 11) is 0. The first-order valence-corrected chi connectivity index (χ1v) is 9.96. The molecule has 5 rings (SSSR count). The van der Waals surface area contributed by atoms with E-state index in [0.717, 1.165) is 46.4 Å². The summed E-state index contributed by atoms with van der Waals surface area (Å²) < 4.78 is 14.3. The summed E-state index contributed by atoms with van der Waals surface area (Å²) in [6.07, 6.45) is 2.96. The van der Waals surface area contributed by atoms with Crippen LogP contribution in [0.2, 0.25) is 0 Å². The van der Waals surface area contributed by atoms with Gasteiger partial charge in [0.05, 0.1) is 11.7 Å². The van der Waals surface area contributed by atoms with E-state index in [1.165, 1.54) is 11.6 Å². The normalized spacial score (nSPS) is 20.4. The summed E-state index contributed by atoms with van der Waals surface area (Å²) in [5.41, 5.74) is 7.18. The average Bonchev–Trinajstić information content (AvgIpc) is 3.06. The van der Waals surface area contributed by atoms with E-state index in [4.69, 9.17) is 13.1 Å². The van der Waals surface area contributed by atoms with Gasteiger partial charge in [-0.1, -0.05) is 42.5 Å². The number of hydrogen-bond donors (Lipinski definition) is 0. The molecule has 3 nitrogen and oxygen atoms in total. The first-order valence-electron chi connectivity index (χ1n) is 9.96. The Balaban J connectivity index is 1.59. The highest BCUT2D eigenvalue weighted by Gasteiger charge is 2.47. The van der Waals surface area contributed by atoms with Crippen LogP contribution in [0.25, 0.3) is 20.9 Å². The third kappa shape index (κ3) is 2.81. The zero-order valence-electron chi connectivity index (χ0n) is 16.3. The van der Waals surface area contributed by atoms with Gasteiger partial charge in [0.1, 0.15) is 11.5 Å². The highest BCUT2D eigenvalue weighted by molar-refractivity contribution is 6.10. The molecule has 0 aliphatic heterocycles. The quantitative estimate of drug-likeness (QED) is 0.338. The Labute approximate surface area is 175 Å². The Morgan fingerprint density at radius 1 is 0.900 bits per heavy atom. The van der Waals surface area contributed by atoms with Crippen molar-refractivity contribution in [2.45, 2.75) is 25.7 Å². The number of nitrogens with zero attached hydrogens (tertiary/aromatic N) is 3. The van der Waals surface area contributed by atoms with Crippen LogP contribution in [-0.2, 0) is 19.3 Å². The second-order valence-electron chi connectivity index (χ2n) is 8.09. The second-order valence-corrected chi connectivity index (χ2v) is 8.09. The molecule has 0 heterocycles. The molecule has 1 spiro atoms. The van der Waals surface area contributed by atoms with Crippen LogP contribution in [0.3, 0.4) is 0 Å². The molecule has 0 saturated carbocycles. The van der Waals surface area contributed by atoms with Crippen LogP contribution in [0.15, 0.2) is 65.8 Å². The lowest BCUT2D eigenvalue weighted by Gasteiger charge is -2.34. The monoisotopic (exact) mass is 391 g/mol. The minimum atomic E-state index is -0.259. The molecule has 0 bridgehead atoms. The van der Waals surface area contributed by atoms with Crippen LogP contribution in [0.1, 0.15) is 28.7 Å². The van der Waals surface area contributed by atoms with Crippen molar-refractivity contribution in [1.29, 1.82) is 0 Å². The fourth-order valence-corrected chi connectivity index (χ4v) is 5.05. The van der Waals surface area contributed by atoms with Gasteiger partial charge in [0.25, 0.3) is 0 Å². The smallest absolute Gasteiger partial charge is 0.187 e. The van der Waals surface area contributed by atoms with Crippen molar-refractivity contribution in [1.82, 2.24) is 0 Å². The molecule has 1 unspecified atom stereocenters. The predicted molar refractivity (Wildman–Crippen MR) is 116 cm³/mol. The minimum Gasteiger partial charge on any atom is -0.238 e. The van der Waals surface area contributed by atoms with Gasteiger partial charge in [0.2, 0.25) is 0 Å². The molecule has 0 aromatic heterocycles. The Bertz CT molecular complexity index is 1290. The van der Waals surface area contributed by atoms with E-state index >= 15 is 0 Å². The number of fused-ring (bicyclic) bond motifs is 2. The summed E-state index contributed by atoms with van der Waals surface area (Å²) >= 11 is 0. The van der Waals surface area contributed by atoms with Gasteiger partial charge < -0.3 is 0 Å². The molecule has 2 aliphatic rings. The van der Waals surface area contributed by atoms with Crippen molar-refractivity contribution in [2.24, 2.45) is 10.5 Å². The maximum Gasteiger partial charge on any atom is 0.187 e. The van der Waals surface area contributed by atoms with E-state index in [1.54, 1.807) is 12.1 Å². The molecule has 1 atom stereocenters. The standard InChI is InChI=1S/C26H18FN3/c1-28-21-7-3-5-17(13-21)18-9-10-20-16-26(25(30-29-2)23(20)14-18)12-11-22-19(15-26)6-4-8-24(22)27/h3-10,13-14H,11-12,15-16H2. The van der Waals surface area contributed by atoms with Gasteiger partial charge in [-0.15, -0.1) is 4.95 Å². The first-order chi connectivity index (χ1) is 14.6. The van der Waals surface area contributed by atoms with Gasteiger partial charge in [0, 0.05) is 11.0 Å². The lowest BCUT2D eigenvalue weighted by Crippen LogP contribution is -2.35. The number of halogens is 1. The van der Waals surface area contributed by atoms with E-state index in [1.807, 2.05) is 24.3 Å². The lowest BCUT2D eigenvalue weighted by atomic mass is 9.68. The predicted octanol–water partition coefficient (Wildman–Crippen LogP) is 6.40. The molecule has 144 valence electrons. The van der Waals surface area contributed by atoms with Gasteiger partial charge in [-0.05, 0) is 71.7 Å². The largest absolute Gasteiger partial charge is 0.238 e. The minimum absolute atomic E-state index is 0.136. The first kappa shape index (κ1) is 18.3. The van der Waals surface area contributed by atoms with Crippen LogP contribution in [0.5, 0.6) is 0 Å². The molecule has 3 aromatic carbocycles. The Morgan fingerprint density at radius 2 is 1.70 bits per heavy atom. The van der Waals surface area contributed by atoms with Crippen molar-refractivity contribution in [3.8, 4) is 11.1 Å². The maximum atomic E-state index is 14.3. The SMILES string of the molecule is [C-]#[N+]N=C1c2cc(-c3cccc([N+]#[C-])c3)ccc2CC12CCc1c(F)cccc1C2. The summed E-state index contributed by atoms with van der Waals surface area (Å²) in [5.74, 6) is -0.136. The molecule has 0 amide bonds. The van der Waals surface area contributed by atoms with Crippen LogP contribution in [0.4, 0.5) is 10.1 Å². The van der Waals surface area contributed by atoms with E-state index in [-0.39, 0.29) is 11.2 Å². The maximum absolute atomic E-state index is 14.3. The zero-order chi connectivity index (χ0) is 20.7. The molecule has 0 fully saturated rings. The summed E-state index contributed by atoms with van der Waals surface area (Å²) in [5, 5.41) is 4.27. The number of hydrogen-bond acceptors (Lipinski definition) is 1. The van der Waals surface area contributed by atoms with Crippen molar-refractivity contribution in [3.05, 3.63) is 112 Å². The van der Waals surface area contributed by atoms with Gasteiger partial charge in [-0.2, -0.15) is 6.57 Å². The molecule has 30 heavy (non-hydrogen) atoms. The van der Waals surface area contributed by atoms with Gasteiger partial charge in [-0.3, -0.25) is 0 Å². The second kappa shape index (κ2) is 6.94. The van der Waals surface area contributed by atoms with Crippen molar-refractivity contribution in [2.75, 3.05) is 0 Å². The molecule has 2 aliphatic carbocycles. The van der Waals surface area contributed by atoms with Crippen LogP contribution < -0.4 is 0 Å². The summed E-state index contributed by atoms with van der Waals surface area (Å²) in [6.45, 7) is 14.7. The van der Waals surface area contributed by atoms with Gasteiger partial charge in [0.15, 0.2) is 5.69 Å². The lowest BCUT2D eigenvalue weighted by molar-refractivity contribution is 0.366. The Hall–Kier alpha value is -3.76. The average molecular weight is 391 g/mol. The van der Waals surface area contributed by atoms with E-state index < -0.39 is 0 Å².